The highest BCUT2D eigenvalue weighted by atomic mass is 32.1. The summed E-state index contributed by atoms with van der Waals surface area (Å²) >= 11 is 1.78. The van der Waals surface area contributed by atoms with Gasteiger partial charge in [0, 0.05) is 4.88 Å². The molecule has 1 aromatic rings. The van der Waals surface area contributed by atoms with E-state index in [0.29, 0.717) is 0 Å². The van der Waals surface area contributed by atoms with Crippen molar-refractivity contribution in [2.75, 3.05) is 0 Å². The molecule has 0 aromatic carbocycles. The third-order valence-corrected chi connectivity index (χ3v) is 3.53. The summed E-state index contributed by atoms with van der Waals surface area (Å²) < 4.78 is 0. The Balaban J connectivity index is 2.18. The van der Waals surface area contributed by atoms with Gasteiger partial charge in [-0.3, -0.25) is 0 Å². The molecule has 1 aromatic heterocycles. The van der Waals surface area contributed by atoms with Gasteiger partial charge >= 0.3 is 0 Å². The SMILES string of the molecule is CC1CC(N)(c2cccs2)C1. The molecule has 1 saturated carbocycles. The average Bonchev–Trinajstić information content (AvgIpc) is 2.34. The van der Waals surface area contributed by atoms with Crippen molar-refractivity contribution in [2.24, 2.45) is 11.7 Å². The molecular formula is C9H13NS. The largest absolute Gasteiger partial charge is 0.321 e. The third-order valence-electron chi connectivity index (χ3n) is 2.44. The zero-order valence-corrected chi connectivity index (χ0v) is 7.53. The van der Waals surface area contributed by atoms with Gasteiger partial charge in [0.05, 0.1) is 5.54 Å². The smallest absolute Gasteiger partial charge is 0.0508 e. The minimum absolute atomic E-state index is 0.0353. The molecule has 0 radical (unpaired) electrons. The van der Waals surface area contributed by atoms with E-state index >= 15 is 0 Å². The molecule has 60 valence electrons. The molecule has 2 N–H and O–H groups in total. The fraction of sp³-hybridized carbons (Fsp3) is 0.556. The fourth-order valence-corrected chi connectivity index (χ4v) is 2.81. The quantitative estimate of drug-likeness (QED) is 0.682. The van der Waals surface area contributed by atoms with Crippen LogP contribution >= 0.6 is 11.3 Å². The van der Waals surface area contributed by atoms with Crippen LogP contribution in [0.25, 0.3) is 0 Å². The first-order valence-electron chi connectivity index (χ1n) is 4.03. The van der Waals surface area contributed by atoms with E-state index in [9.17, 15) is 0 Å². The maximum absolute atomic E-state index is 6.17. The number of hydrogen-bond donors (Lipinski definition) is 1. The predicted molar refractivity (Wildman–Crippen MR) is 48.6 cm³/mol. The lowest BCUT2D eigenvalue weighted by molar-refractivity contribution is 0.168. The van der Waals surface area contributed by atoms with E-state index in [1.165, 1.54) is 4.88 Å². The van der Waals surface area contributed by atoms with E-state index in [-0.39, 0.29) is 5.54 Å². The second kappa shape index (κ2) is 2.32. The Morgan fingerprint density at radius 3 is 2.82 bits per heavy atom. The molecule has 1 nitrogen and oxygen atoms in total. The van der Waals surface area contributed by atoms with E-state index in [1.807, 2.05) is 0 Å². The molecule has 2 rings (SSSR count). The van der Waals surface area contributed by atoms with E-state index in [1.54, 1.807) is 11.3 Å². The van der Waals surface area contributed by atoms with Gasteiger partial charge in [-0.25, -0.2) is 0 Å². The Bertz CT molecular complexity index is 234. The molecule has 0 unspecified atom stereocenters. The number of hydrogen-bond acceptors (Lipinski definition) is 2. The van der Waals surface area contributed by atoms with Crippen LogP contribution in [0.15, 0.2) is 17.5 Å². The third kappa shape index (κ3) is 1.10. The van der Waals surface area contributed by atoms with Crippen molar-refractivity contribution in [3.05, 3.63) is 22.4 Å². The molecule has 1 aliphatic carbocycles. The molecule has 1 heterocycles. The summed E-state index contributed by atoms with van der Waals surface area (Å²) in [5.41, 5.74) is 6.20. The predicted octanol–water partition coefficient (Wildman–Crippen LogP) is 2.33. The fourth-order valence-electron chi connectivity index (χ4n) is 1.95. The van der Waals surface area contributed by atoms with Gasteiger partial charge in [0.1, 0.15) is 0 Å². The second-order valence-corrected chi connectivity index (χ2v) is 4.59. The van der Waals surface area contributed by atoms with Gasteiger partial charge in [-0.15, -0.1) is 11.3 Å². The standard InChI is InChI=1S/C9H13NS/c1-7-5-9(10,6-7)8-3-2-4-11-8/h2-4,7H,5-6,10H2,1H3. The molecule has 0 aliphatic heterocycles. The Morgan fingerprint density at radius 2 is 2.36 bits per heavy atom. The van der Waals surface area contributed by atoms with Crippen molar-refractivity contribution in [3.8, 4) is 0 Å². The van der Waals surface area contributed by atoms with E-state index in [2.05, 4.69) is 24.4 Å². The number of thiophene rings is 1. The van der Waals surface area contributed by atoms with Crippen LogP contribution in [-0.2, 0) is 5.54 Å². The summed E-state index contributed by atoms with van der Waals surface area (Å²) in [6.45, 7) is 2.26. The summed E-state index contributed by atoms with van der Waals surface area (Å²) in [6, 6.07) is 4.23. The van der Waals surface area contributed by atoms with Crippen molar-refractivity contribution < 1.29 is 0 Å². The highest BCUT2D eigenvalue weighted by Crippen LogP contribution is 2.44. The molecule has 1 aliphatic rings. The zero-order valence-electron chi connectivity index (χ0n) is 6.71. The van der Waals surface area contributed by atoms with Crippen LogP contribution in [0.2, 0.25) is 0 Å². The monoisotopic (exact) mass is 167 g/mol. The first-order valence-corrected chi connectivity index (χ1v) is 4.91. The second-order valence-electron chi connectivity index (χ2n) is 3.65. The van der Waals surface area contributed by atoms with Crippen LogP contribution in [0.3, 0.4) is 0 Å². The first-order chi connectivity index (χ1) is 5.21. The van der Waals surface area contributed by atoms with Crippen molar-refractivity contribution in [2.45, 2.75) is 25.3 Å². The number of rotatable bonds is 1. The lowest BCUT2D eigenvalue weighted by Crippen LogP contribution is -2.47. The molecule has 11 heavy (non-hydrogen) atoms. The summed E-state index contributed by atoms with van der Waals surface area (Å²) in [7, 11) is 0. The highest BCUT2D eigenvalue weighted by molar-refractivity contribution is 7.10. The van der Waals surface area contributed by atoms with Crippen LogP contribution < -0.4 is 5.73 Å². The van der Waals surface area contributed by atoms with E-state index in [4.69, 9.17) is 5.73 Å². The van der Waals surface area contributed by atoms with Crippen molar-refractivity contribution in [3.63, 3.8) is 0 Å². The normalized spacial score (nSPS) is 36.7. The molecule has 0 amide bonds. The highest BCUT2D eigenvalue weighted by Gasteiger charge is 2.40. The zero-order chi connectivity index (χ0) is 7.90. The van der Waals surface area contributed by atoms with Crippen molar-refractivity contribution in [1.82, 2.24) is 0 Å². The lowest BCUT2D eigenvalue weighted by atomic mass is 9.69. The molecule has 0 saturated heterocycles. The summed E-state index contributed by atoms with van der Waals surface area (Å²) in [5, 5.41) is 2.10. The topological polar surface area (TPSA) is 26.0 Å². The molecule has 1 fully saturated rings. The van der Waals surface area contributed by atoms with Gasteiger partial charge in [0.2, 0.25) is 0 Å². The Kier molecular flexibility index (Phi) is 1.55. The lowest BCUT2D eigenvalue weighted by Gasteiger charge is -2.42. The average molecular weight is 167 g/mol. The van der Waals surface area contributed by atoms with E-state index in [0.717, 1.165) is 18.8 Å². The van der Waals surface area contributed by atoms with Gasteiger partial charge in [-0.1, -0.05) is 13.0 Å². The van der Waals surface area contributed by atoms with E-state index < -0.39 is 0 Å². The summed E-state index contributed by atoms with van der Waals surface area (Å²) in [5.74, 6) is 0.821. The maximum Gasteiger partial charge on any atom is 0.0508 e. The minimum atomic E-state index is 0.0353. The Morgan fingerprint density at radius 1 is 1.64 bits per heavy atom. The molecule has 0 bridgehead atoms. The molecular weight excluding hydrogens is 154 g/mol. The van der Waals surface area contributed by atoms with Crippen LogP contribution in [0, 0.1) is 5.92 Å². The van der Waals surface area contributed by atoms with Crippen LogP contribution in [-0.4, -0.2) is 0 Å². The van der Waals surface area contributed by atoms with Crippen molar-refractivity contribution >= 4 is 11.3 Å². The van der Waals surface area contributed by atoms with Gasteiger partial charge in [0.25, 0.3) is 0 Å². The molecule has 2 heteroatoms. The molecule has 0 spiro atoms. The van der Waals surface area contributed by atoms with Crippen LogP contribution in [0.5, 0.6) is 0 Å². The first kappa shape index (κ1) is 7.32. The molecule has 0 atom stereocenters. The minimum Gasteiger partial charge on any atom is -0.321 e. The van der Waals surface area contributed by atoms with Crippen molar-refractivity contribution in [1.29, 1.82) is 0 Å². The van der Waals surface area contributed by atoms with Gasteiger partial charge in [-0.2, -0.15) is 0 Å². The Hall–Kier alpha value is -0.340. The van der Waals surface area contributed by atoms with Gasteiger partial charge in [-0.05, 0) is 30.2 Å². The summed E-state index contributed by atoms with van der Waals surface area (Å²) in [4.78, 5) is 1.36. The van der Waals surface area contributed by atoms with Crippen LogP contribution in [0.1, 0.15) is 24.6 Å². The number of nitrogens with two attached hydrogens (primary N) is 1. The van der Waals surface area contributed by atoms with Crippen LogP contribution in [0.4, 0.5) is 0 Å². The van der Waals surface area contributed by atoms with Gasteiger partial charge in [0.15, 0.2) is 0 Å². The maximum atomic E-state index is 6.17. The summed E-state index contributed by atoms with van der Waals surface area (Å²) in [6.07, 6.45) is 2.32. The van der Waals surface area contributed by atoms with Gasteiger partial charge < -0.3 is 5.73 Å². The Labute approximate surface area is 71.2 Å².